The number of rotatable bonds is 2. The number of nitrogens with zero attached hydrogens (tertiary/aromatic N) is 2. The minimum atomic E-state index is -0.636. The first kappa shape index (κ1) is 11.7. The molecule has 1 aromatic carbocycles. The van der Waals surface area contributed by atoms with E-state index in [2.05, 4.69) is 11.0 Å². The van der Waals surface area contributed by atoms with Crippen LogP contribution in [-0.4, -0.2) is 25.7 Å². The lowest BCUT2D eigenvalue weighted by molar-refractivity contribution is 0.411. The van der Waals surface area contributed by atoms with Crippen molar-refractivity contribution in [2.24, 2.45) is 5.73 Å². The average Bonchev–Trinajstić information content (AvgIpc) is 2.40. The van der Waals surface area contributed by atoms with E-state index in [1.54, 1.807) is 7.11 Å². The van der Waals surface area contributed by atoms with E-state index in [0.29, 0.717) is 0 Å². The van der Waals surface area contributed by atoms with Crippen LogP contribution in [0.4, 0.5) is 5.69 Å². The fourth-order valence-electron chi connectivity index (χ4n) is 2.07. The number of nitrogens with two attached hydrogens (primary N) is 1. The minimum absolute atomic E-state index is 0.636. The summed E-state index contributed by atoms with van der Waals surface area (Å²) in [6.07, 6.45) is 1.44. The number of methoxy groups -OCH3 is 1. The van der Waals surface area contributed by atoms with E-state index in [0.717, 1.165) is 37.4 Å². The van der Waals surface area contributed by atoms with Gasteiger partial charge in [-0.1, -0.05) is 0 Å². The topological polar surface area (TPSA) is 62.3 Å². The molecule has 1 aromatic rings. The molecule has 0 bridgehead atoms. The lowest BCUT2D eigenvalue weighted by atomic mass is 9.90. The molecule has 17 heavy (non-hydrogen) atoms. The second-order valence-electron chi connectivity index (χ2n) is 4.45. The Bertz CT molecular complexity index is 413. The van der Waals surface area contributed by atoms with Crippen LogP contribution >= 0.6 is 0 Å². The van der Waals surface area contributed by atoms with Crippen molar-refractivity contribution in [2.75, 3.05) is 25.1 Å². The summed E-state index contributed by atoms with van der Waals surface area (Å²) < 4.78 is 5.13. The van der Waals surface area contributed by atoms with Crippen LogP contribution in [0.5, 0.6) is 5.75 Å². The molecule has 0 amide bonds. The molecule has 4 heteroatoms. The molecule has 0 unspecified atom stereocenters. The molecule has 1 fully saturated rings. The van der Waals surface area contributed by atoms with Gasteiger partial charge in [0.05, 0.1) is 13.2 Å². The predicted molar refractivity (Wildman–Crippen MR) is 67.0 cm³/mol. The summed E-state index contributed by atoms with van der Waals surface area (Å²) in [5, 5.41) is 8.97. The lowest BCUT2D eigenvalue weighted by Crippen LogP contribution is -2.49. The summed E-state index contributed by atoms with van der Waals surface area (Å²) in [6, 6.07) is 10.2. The Kier molecular flexibility index (Phi) is 3.21. The van der Waals surface area contributed by atoms with Crippen molar-refractivity contribution < 1.29 is 4.74 Å². The van der Waals surface area contributed by atoms with Gasteiger partial charge in [0.2, 0.25) is 0 Å². The SMILES string of the molecule is COc1ccc(N2CCC(N)(C#N)CC2)cc1. The molecule has 2 N–H and O–H groups in total. The molecule has 0 radical (unpaired) electrons. The number of benzene rings is 1. The first-order chi connectivity index (χ1) is 8.17. The van der Waals surface area contributed by atoms with Gasteiger partial charge in [-0.2, -0.15) is 5.26 Å². The highest BCUT2D eigenvalue weighted by Gasteiger charge is 2.30. The van der Waals surface area contributed by atoms with Gasteiger partial charge >= 0.3 is 0 Å². The fraction of sp³-hybridized carbons (Fsp3) is 0.462. The van der Waals surface area contributed by atoms with Gasteiger partial charge in [-0.05, 0) is 37.1 Å². The minimum Gasteiger partial charge on any atom is -0.497 e. The highest BCUT2D eigenvalue weighted by atomic mass is 16.5. The third kappa shape index (κ3) is 2.51. The quantitative estimate of drug-likeness (QED) is 0.838. The van der Waals surface area contributed by atoms with Crippen molar-refractivity contribution in [3.63, 3.8) is 0 Å². The Morgan fingerprint density at radius 3 is 2.35 bits per heavy atom. The lowest BCUT2D eigenvalue weighted by Gasteiger charge is -2.36. The molecular weight excluding hydrogens is 214 g/mol. The van der Waals surface area contributed by atoms with Gasteiger partial charge in [-0.25, -0.2) is 0 Å². The van der Waals surface area contributed by atoms with E-state index in [9.17, 15) is 0 Å². The molecular formula is C13H17N3O. The van der Waals surface area contributed by atoms with Crippen LogP contribution in [0, 0.1) is 11.3 Å². The van der Waals surface area contributed by atoms with Crippen LogP contribution in [0.15, 0.2) is 24.3 Å². The number of anilines is 1. The van der Waals surface area contributed by atoms with Crippen LogP contribution in [0.2, 0.25) is 0 Å². The van der Waals surface area contributed by atoms with E-state index in [4.69, 9.17) is 15.7 Å². The maximum atomic E-state index is 8.97. The van der Waals surface area contributed by atoms with Crippen LogP contribution in [0.1, 0.15) is 12.8 Å². The Labute approximate surface area is 102 Å². The van der Waals surface area contributed by atoms with Crippen molar-refractivity contribution in [1.29, 1.82) is 5.26 Å². The van der Waals surface area contributed by atoms with Crippen molar-refractivity contribution in [2.45, 2.75) is 18.4 Å². The second-order valence-corrected chi connectivity index (χ2v) is 4.45. The molecule has 1 saturated heterocycles. The normalized spacial score (nSPS) is 18.5. The molecule has 2 rings (SSSR count). The number of hydrogen-bond donors (Lipinski definition) is 1. The smallest absolute Gasteiger partial charge is 0.119 e. The van der Waals surface area contributed by atoms with Gasteiger partial charge in [-0.15, -0.1) is 0 Å². The first-order valence-corrected chi connectivity index (χ1v) is 5.76. The van der Waals surface area contributed by atoms with E-state index in [-0.39, 0.29) is 0 Å². The van der Waals surface area contributed by atoms with Crippen molar-refractivity contribution in [3.05, 3.63) is 24.3 Å². The van der Waals surface area contributed by atoms with Gasteiger partial charge < -0.3 is 15.4 Å². The van der Waals surface area contributed by atoms with Crippen LogP contribution in [0.3, 0.4) is 0 Å². The number of hydrogen-bond acceptors (Lipinski definition) is 4. The highest BCUT2D eigenvalue weighted by Crippen LogP contribution is 2.25. The molecule has 0 atom stereocenters. The molecule has 4 nitrogen and oxygen atoms in total. The van der Waals surface area contributed by atoms with Crippen LogP contribution in [0.25, 0.3) is 0 Å². The van der Waals surface area contributed by atoms with Gasteiger partial charge in [0.1, 0.15) is 11.3 Å². The molecule has 1 aliphatic rings. The van der Waals surface area contributed by atoms with Gasteiger partial charge in [0.25, 0.3) is 0 Å². The zero-order valence-corrected chi connectivity index (χ0v) is 10.0. The van der Waals surface area contributed by atoms with Crippen molar-refractivity contribution >= 4 is 5.69 Å². The van der Waals surface area contributed by atoms with E-state index in [1.807, 2.05) is 24.3 Å². The molecule has 1 heterocycles. The first-order valence-electron chi connectivity index (χ1n) is 5.76. The molecule has 0 spiro atoms. The Morgan fingerprint density at radius 1 is 1.29 bits per heavy atom. The maximum Gasteiger partial charge on any atom is 0.119 e. The van der Waals surface area contributed by atoms with Crippen molar-refractivity contribution in [1.82, 2.24) is 0 Å². The largest absolute Gasteiger partial charge is 0.497 e. The van der Waals surface area contributed by atoms with Crippen LogP contribution in [-0.2, 0) is 0 Å². The predicted octanol–water partition coefficient (Wildman–Crippen LogP) is 1.52. The van der Waals surface area contributed by atoms with E-state index in [1.165, 1.54) is 0 Å². The third-order valence-corrected chi connectivity index (χ3v) is 3.32. The summed E-state index contributed by atoms with van der Waals surface area (Å²) in [7, 11) is 1.66. The third-order valence-electron chi connectivity index (χ3n) is 3.32. The molecule has 90 valence electrons. The Balaban J connectivity index is 2.03. The van der Waals surface area contributed by atoms with Gasteiger partial charge in [-0.3, -0.25) is 0 Å². The Hall–Kier alpha value is -1.73. The van der Waals surface area contributed by atoms with Gasteiger partial charge in [0, 0.05) is 18.8 Å². The van der Waals surface area contributed by atoms with Gasteiger partial charge in [0.15, 0.2) is 0 Å². The van der Waals surface area contributed by atoms with Crippen LogP contribution < -0.4 is 15.4 Å². The zero-order chi connectivity index (χ0) is 12.3. The van der Waals surface area contributed by atoms with Crippen molar-refractivity contribution in [3.8, 4) is 11.8 Å². The maximum absolute atomic E-state index is 8.97. The molecule has 0 saturated carbocycles. The summed E-state index contributed by atoms with van der Waals surface area (Å²) in [4.78, 5) is 2.25. The summed E-state index contributed by atoms with van der Waals surface area (Å²) in [6.45, 7) is 1.66. The summed E-state index contributed by atoms with van der Waals surface area (Å²) in [5.41, 5.74) is 6.46. The molecule has 0 aromatic heterocycles. The summed E-state index contributed by atoms with van der Waals surface area (Å²) >= 11 is 0. The molecule has 0 aliphatic carbocycles. The highest BCUT2D eigenvalue weighted by molar-refractivity contribution is 5.49. The number of nitriles is 1. The standard InChI is InChI=1S/C13H17N3O/c1-17-12-4-2-11(3-5-12)16-8-6-13(15,10-14)7-9-16/h2-5H,6-9,15H2,1H3. The Morgan fingerprint density at radius 2 is 1.88 bits per heavy atom. The average molecular weight is 231 g/mol. The zero-order valence-electron chi connectivity index (χ0n) is 10.0. The number of ether oxygens (including phenoxy) is 1. The number of piperidine rings is 1. The monoisotopic (exact) mass is 231 g/mol. The fourth-order valence-corrected chi connectivity index (χ4v) is 2.07. The van der Waals surface area contributed by atoms with E-state index < -0.39 is 5.54 Å². The van der Waals surface area contributed by atoms with E-state index >= 15 is 0 Å². The molecule has 1 aliphatic heterocycles. The second kappa shape index (κ2) is 4.64. The summed E-state index contributed by atoms with van der Waals surface area (Å²) in [5.74, 6) is 0.857.